The van der Waals surface area contributed by atoms with Crippen molar-refractivity contribution in [2.45, 2.75) is 33.4 Å². The molecule has 0 saturated carbocycles. The van der Waals surface area contributed by atoms with E-state index in [4.69, 9.17) is 0 Å². The molecule has 0 aliphatic rings. The fraction of sp³-hybridized carbons (Fsp3) is 0.375. The number of nitrogens with zero attached hydrogens (tertiary/aromatic N) is 2. The predicted octanol–water partition coefficient (Wildman–Crippen LogP) is 3.27. The topological polar surface area (TPSA) is 49.3 Å². The maximum absolute atomic E-state index is 4.65. The zero-order valence-electron chi connectivity index (χ0n) is 12.8. The molecule has 1 aromatic carbocycles. The van der Waals surface area contributed by atoms with E-state index in [9.17, 15) is 0 Å². The predicted molar refractivity (Wildman–Crippen MR) is 90.6 cm³/mol. The second-order valence-corrected chi connectivity index (χ2v) is 5.86. The monoisotopic (exact) mass is 302 g/mol. The molecule has 2 rings (SSSR count). The normalized spacial score (nSPS) is 11.7. The van der Waals surface area contributed by atoms with Crippen LogP contribution in [0.2, 0.25) is 0 Å². The molecule has 1 heterocycles. The zero-order chi connectivity index (χ0) is 15.1. The van der Waals surface area contributed by atoms with E-state index in [1.165, 1.54) is 0 Å². The molecule has 0 aliphatic heterocycles. The quantitative estimate of drug-likeness (QED) is 0.658. The average Bonchev–Trinajstić information content (AvgIpc) is 2.94. The first-order valence-electron chi connectivity index (χ1n) is 7.23. The summed E-state index contributed by atoms with van der Waals surface area (Å²) in [5.74, 6) is 0.835. The zero-order valence-corrected chi connectivity index (χ0v) is 13.6. The van der Waals surface area contributed by atoms with Crippen molar-refractivity contribution in [2.75, 3.05) is 6.54 Å². The largest absolute Gasteiger partial charge is 0.357 e. The molecule has 0 aliphatic carbocycles. The Hall–Kier alpha value is -1.88. The number of benzene rings is 1. The molecule has 0 radical (unpaired) electrons. The molecule has 0 fully saturated rings. The summed E-state index contributed by atoms with van der Waals surface area (Å²) in [5, 5.41) is 9.66. The molecule has 5 heteroatoms. The molecule has 21 heavy (non-hydrogen) atoms. The fourth-order valence-corrected chi connectivity index (χ4v) is 2.66. The third kappa shape index (κ3) is 4.86. The second-order valence-electron chi connectivity index (χ2n) is 5.00. The Morgan fingerprint density at radius 2 is 2.05 bits per heavy atom. The smallest absolute Gasteiger partial charge is 0.191 e. The van der Waals surface area contributed by atoms with E-state index in [0.29, 0.717) is 12.6 Å². The van der Waals surface area contributed by atoms with E-state index in [2.05, 4.69) is 58.9 Å². The summed E-state index contributed by atoms with van der Waals surface area (Å²) < 4.78 is 0. The van der Waals surface area contributed by atoms with Crippen molar-refractivity contribution in [2.24, 2.45) is 4.99 Å². The van der Waals surface area contributed by atoms with Gasteiger partial charge in [-0.2, -0.15) is 0 Å². The van der Waals surface area contributed by atoms with E-state index in [0.717, 1.165) is 28.8 Å². The Kier molecular flexibility index (Phi) is 5.75. The van der Waals surface area contributed by atoms with Gasteiger partial charge >= 0.3 is 0 Å². The fourth-order valence-electron chi connectivity index (χ4n) is 1.85. The minimum Gasteiger partial charge on any atom is -0.357 e. The van der Waals surface area contributed by atoms with E-state index in [-0.39, 0.29) is 0 Å². The van der Waals surface area contributed by atoms with Crippen LogP contribution >= 0.6 is 11.3 Å². The number of thiazole rings is 1. The minimum absolute atomic E-state index is 0.359. The van der Waals surface area contributed by atoms with Crippen LogP contribution in [0.15, 0.2) is 40.7 Å². The highest BCUT2D eigenvalue weighted by Gasteiger charge is 2.05. The van der Waals surface area contributed by atoms with Gasteiger partial charge in [-0.1, -0.05) is 30.3 Å². The average molecular weight is 302 g/mol. The minimum atomic E-state index is 0.359. The summed E-state index contributed by atoms with van der Waals surface area (Å²) in [7, 11) is 0. The van der Waals surface area contributed by atoms with Gasteiger partial charge in [0.2, 0.25) is 0 Å². The summed E-state index contributed by atoms with van der Waals surface area (Å²) in [5.41, 5.74) is 2.16. The first-order valence-corrected chi connectivity index (χ1v) is 8.11. The van der Waals surface area contributed by atoms with Gasteiger partial charge in [0.15, 0.2) is 5.96 Å². The van der Waals surface area contributed by atoms with E-state index < -0.39 is 0 Å². The number of nitrogens with one attached hydrogen (secondary N) is 2. The van der Waals surface area contributed by atoms with Crippen LogP contribution in [0.25, 0.3) is 10.6 Å². The van der Waals surface area contributed by atoms with Crippen LogP contribution in [-0.2, 0) is 6.54 Å². The van der Waals surface area contributed by atoms with E-state index >= 15 is 0 Å². The molecule has 0 saturated heterocycles. The second kappa shape index (κ2) is 7.78. The lowest BCUT2D eigenvalue weighted by molar-refractivity contribution is 0.700. The van der Waals surface area contributed by atoms with Gasteiger partial charge in [0.05, 0.1) is 12.2 Å². The Labute approximate surface area is 130 Å². The van der Waals surface area contributed by atoms with Crippen LogP contribution in [-0.4, -0.2) is 23.5 Å². The third-order valence-electron chi connectivity index (χ3n) is 2.74. The van der Waals surface area contributed by atoms with Gasteiger partial charge in [-0.15, -0.1) is 11.3 Å². The van der Waals surface area contributed by atoms with E-state index in [1.807, 2.05) is 18.2 Å². The van der Waals surface area contributed by atoms with Crippen molar-refractivity contribution in [1.82, 2.24) is 15.6 Å². The van der Waals surface area contributed by atoms with Crippen LogP contribution in [0.1, 0.15) is 26.5 Å². The molecule has 0 amide bonds. The number of guanidine groups is 1. The summed E-state index contributed by atoms with van der Waals surface area (Å²) in [4.78, 5) is 9.22. The van der Waals surface area contributed by atoms with Crippen LogP contribution < -0.4 is 10.6 Å². The van der Waals surface area contributed by atoms with Gasteiger partial charge in [0.25, 0.3) is 0 Å². The van der Waals surface area contributed by atoms with Crippen molar-refractivity contribution in [3.63, 3.8) is 0 Å². The molecular formula is C16H22N4S. The van der Waals surface area contributed by atoms with Gasteiger partial charge in [0, 0.05) is 23.5 Å². The van der Waals surface area contributed by atoms with Gasteiger partial charge in [-0.25, -0.2) is 9.98 Å². The van der Waals surface area contributed by atoms with Crippen molar-refractivity contribution >= 4 is 17.3 Å². The van der Waals surface area contributed by atoms with Gasteiger partial charge in [-0.05, 0) is 20.8 Å². The van der Waals surface area contributed by atoms with Crippen LogP contribution in [0.4, 0.5) is 0 Å². The van der Waals surface area contributed by atoms with Crippen molar-refractivity contribution in [3.05, 3.63) is 41.4 Å². The Morgan fingerprint density at radius 3 is 2.71 bits per heavy atom. The number of hydrogen-bond donors (Lipinski definition) is 2. The van der Waals surface area contributed by atoms with Crippen LogP contribution in [0.3, 0.4) is 0 Å². The first kappa shape index (κ1) is 15.5. The highest BCUT2D eigenvalue weighted by atomic mass is 32.1. The SMILES string of the molecule is CCNC(=NCc1csc(-c2ccccc2)n1)NC(C)C. The molecule has 0 bridgehead atoms. The molecule has 0 atom stereocenters. The summed E-state index contributed by atoms with van der Waals surface area (Å²) in [6, 6.07) is 10.6. The van der Waals surface area contributed by atoms with Gasteiger partial charge in [-0.3, -0.25) is 0 Å². The first-order chi connectivity index (χ1) is 10.2. The number of hydrogen-bond acceptors (Lipinski definition) is 3. The number of aromatic nitrogens is 1. The Bertz CT molecular complexity index is 575. The Balaban J connectivity index is 2.04. The van der Waals surface area contributed by atoms with Crippen molar-refractivity contribution < 1.29 is 0 Å². The molecule has 4 nitrogen and oxygen atoms in total. The van der Waals surface area contributed by atoms with Gasteiger partial charge < -0.3 is 10.6 Å². The molecule has 112 valence electrons. The van der Waals surface area contributed by atoms with Crippen molar-refractivity contribution in [1.29, 1.82) is 0 Å². The Morgan fingerprint density at radius 1 is 1.29 bits per heavy atom. The summed E-state index contributed by atoms with van der Waals surface area (Å²) in [6.07, 6.45) is 0. The molecular weight excluding hydrogens is 280 g/mol. The molecule has 1 aromatic heterocycles. The molecule has 0 unspecified atom stereocenters. The van der Waals surface area contributed by atoms with Gasteiger partial charge in [0.1, 0.15) is 5.01 Å². The molecule has 0 spiro atoms. The van der Waals surface area contributed by atoms with Crippen molar-refractivity contribution in [3.8, 4) is 10.6 Å². The maximum atomic E-state index is 4.65. The third-order valence-corrected chi connectivity index (χ3v) is 3.68. The maximum Gasteiger partial charge on any atom is 0.191 e. The molecule has 2 aromatic rings. The lowest BCUT2D eigenvalue weighted by Crippen LogP contribution is -2.41. The highest BCUT2D eigenvalue weighted by molar-refractivity contribution is 7.13. The highest BCUT2D eigenvalue weighted by Crippen LogP contribution is 2.23. The lowest BCUT2D eigenvalue weighted by atomic mass is 10.2. The standard InChI is InChI=1S/C16H22N4S/c1-4-17-16(19-12(2)3)18-10-14-11-21-15(20-14)13-8-6-5-7-9-13/h5-9,11-12H,4,10H2,1-3H3,(H2,17,18,19). The number of aliphatic imine (C=N–C) groups is 1. The van der Waals surface area contributed by atoms with Crippen LogP contribution in [0, 0.1) is 0 Å². The molecule has 2 N–H and O–H groups in total. The summed E-state index contributed by atoms with van der Waals surface area (Å²) in [6.45, 7) is 7.70. The summed E-state index contributed by atoms with van der Waals surface area (Å²) >= 11 is 1.66. The number of rotatable bonds is 5. The van der Waals surface area contributed by atoms with Crippen LogP contribution in [0.5, 0.6) is 0 Å². The lowest BCUT2D eigenvalue weighted by Gasteiger charge is -2.13. The van der Waals surface area contributed by atoms with E-state index in [1.54, 1.807) is 11.3 Å².